The van der Waals surface area contributed by atoms with Crippen LogP contribution in [0, 0.1) is 0 Å². The first-order chi connectivity index (χ1) is 17.6. The van der Waals surface area contributed by atoms with Crippen LogP contribution in [0.3, 0.4) is 0 Å². The van der Waals surface area contributed by atoms with Crippen LogP contribution in [0.15, 0.2) is 102 Å². The molecule has 3 N–H and O–H groups in total. The molecule has 0 aliphatic carbocycles. The minimum absolute atomic E-state index is 0.109. The molecule has 0 amide bonds. The summed E-state index contributed by atoms with van der Waals surface area (Å²) in [6, 6.07) is 28.5. The number of alkyl halides is 3. The SMILES string of the molecule is O=C(O)C(F)(F)F.O=S(=O)(Nc1ccccc1)c1cnn(Cc2ccccc2)c1NCc1ccccc1. The van der Waals surface area contributed by atoms with Crippen LogP contribution in [-0.4, -0.2) is 35.5 Å². The van der Waals surface area contributed by atoms with Gasteiger partial charge >= 0.3 is 12.1 Å². The molecule has 0 fully saturated rings. The van der Waals surface area contributed by atoms with Crippen LogP contribution < -0.4 is 10.0 Å². The molecule has 194 valence electrons. The van der Waals surface area contributed by atoms with Gasteiger partial charge in [-0.25, -0.2) is 17.9 Å². The lowest BCUT2D eigenvalue weighted by molar-refractivity contribution is -0.192. The van der Waals surface area contributed by atoms with Crippen molar-refractivity contribution in [2.75, 3.05) is 10.0 Å². The molecule has 4 rings (SSSR count). The fraction of sp³-hybridized carbons (Fsp3) is 0.120. The second-order valence-corrected chi connectivity index (χ2v) is 9.27. The van der Waals surface area contributed by atoms with Crippen molar-refractivity contribution in [1.29, 1.82) is 0 Å². The van der Waals surface area contributed by atoms with Gasteiger partial charge in [0, 0.05) is 12.2 Å². The molecule has 0 radical (unpaired) electrons. The Morgan fingerprint density at radius 1 is 0.865 bits per heavy atom. The van der Waals surface area contributed by atoms with Crippen LogP contribution in [0.2, 0.25) is 0 Å². The van der Waals surface area contributed by atoms with Crippen molar-refractivity contribution < 1.29 is 31.5 Å². The number of benzene rings is 3. The van der Waals surface area contributed by atoms with Crippen molar-refractivity contribution in [3.63, 3.8) is 0 Å². The molecule has 12 heteroatoms. The maximum Gasteiger partial charge on any atom is 0.490 e. The van der Waals surface area contributed by atoms with Gasteiger partial charge < -0.3 is 10.4 Å². The Balaban J connectivity index is 0.000000479. The second-order valence-electron chi connectivity index (χ2n) is 7.61. The Bertz CT molecular complexity index is 1400. The fourth-order valence-electron chi connectivity index (χ4n) is 3.12. The molecule has 0 spiro atoms. The van der Waals surface area contributed by atoms with Gasteiger partial charge in [0.05, 0.1) is 12.7 Å². The van der Waals surface area contributed by atoms with Gasteiger partial charge in [-0.15, -0.1) is 0 Å². The summed E-state index contributed by atoms with van der Waals surface area (Å²) in [4.78, 5) is 9.01. The average Bonchev–Trinajstić information content (AvgIpc) is 3.27. The summed E-state index contributed by atoms with van der Waals surface area (Å²) in [6.45, 7) is 0.938. The largest absolute Gasteiger partial charge is 0.490 e. The Morgan fingerprint density at radius 2 is 1.35 bits per heavy atom. The lowest BCUT2D eigenvalue weighted by atomic mass is 10.2. The van der Waals surface area contributed by atoms with E-state index < -0.39 is 22.2 Å². The maximum atomic E-state index is 13.1. The first-order valence-electron chi connectivity index (χ1n) is 10.8. The van der Waals surface area contributed by atoms with E-state index in [4.69, 9.17) is 9.90 Å². The third-order valence-corrected chi connectivity index (χ3v) is 6.22. The number of nitrogens with zero attached hydrogens (tertiary/aromatic N) is 2. The highest BCUT2D eigenvalue weighted by atomic mass is 32.2. The third kappa shape index (κ3) is 8.10. The van der Waals surface area contributed by atoms with E-state index in [-0.39, 0.29) is 4.90 Å². The van der Waals surface area contributed by atoms with Gasteiger partial charge in [0.25, 0.3) is 10.0 Å². The number of aromatic nitrogens is 2. The number of halogens is 3. The van der Waals surface area contributed by atoms with Crippen LogP contribution in [0.4, 0.5) is 24.7 Å². The van der Waals surface area contributed by atoms with E-state index in [1.165, 1.54) is 6.20 Å². The number of rotatable bonds is 8. The summed E-state index contributed by atoms with van der Waals surface area (Å²) < 4.78 is 62.2. The molecule has 0 atom stereocenters. The second kappa shape index (κ2) is 12.1. The number of hydrogen-bond acceptors (Lipinski definition) is 5. The highest BCUT2D eigenvalue weighted by Gasteiger charge is 2.38. The summed E-state index contributed by atoms with van der Waals surface area (Å²) in [5.41, 5.74) is 2.58. The number of para-hydroxylation sites is 1. The van der Waals surface area contributed by atoms with Gasteiger partial charge in [-0.05, 0) is 23.3 Å². The minimum atomic E-state index is -5.08. The number of anilines is 2. The molecule has 0 aliphatic heterocycles. The molecule has 1 aromatic heterocycles. The molecule has 0 unspecified atom stereocenters. The number of nitrogens with one attached hydrogen (secondary N) is 2. The zero-order valence-electron chi connectivity index (χ0n) is 19.3. The minimum Gasteiger partial charge on any atom is -0.475 e. The smallest absolute Gasteiger partial charge is 0.475 e. The molecule has 0 saturated heterocycles. The maximum absolute atomic E-state index is 13.1. The Kier molecular flexibility index (Phi) is 8.90. The normalized spacial score (nSPS) is 11.2. The zero-order valence-corrected chi connectivity index (χ0v) is 20.1. The molecule has 8 nitrogen and oxygen atoms in total. The van der Waals surface area contributed by atoms with Crippen LogP contribution in [0.5, 0.6) is 0 Å². The van der Waals surface area contributed by atoms with Crippen LogP contribution in [-0.2, 0) is 27.9 Å². The van der Waals surface area contributed by atoms with Gasteiger partial charge in [-0.1, -0.05) is 78.9 Å². The van der Waals surface area contributed by atoms with E-state index in [9.17, 15) is 21.6 Å². The fourth-order valence-corrected chi connectivity index (χ4v) is 4.29. The summed E-state index contributed by atoms with van der Waals surface area (Å²) in [5, 5.41) is 14.8. The molecular weight excluding hydrogens is 509 g/mol. The third-order valence-electron chi connectivity index (χ3n) is 4.84. The highest BCUT2D eigenvalue weighted by Crippen LogP contribution is 2.25. The number of carboxylic acid groups (broad SMARTS) is 1. The predicted molar refractivity (Wildman–Crippen MR) is 132 cm³/mol. The first-order valence-corrected chi connectivity index (χ1v) is 12.3. The lowest BCUT2D eigenvalue weighted by Crippen LogP contribution is -2.21. The zero-order chi connectivity index (χ0) is 26.9. The van der Waals surface area contributed by atoms with Gasteiger partial charge in [0.2, 0.25) is 0 Å². The standard InChI is InChI=1S/C23H22N4O2S.C2HF3O2/c28-30(29,26-21-14-8-3-9-15-21)22-17-25-27(18-20-12-6-2-7-13-20)23(22)24-16-19-10-4-1-5-11-19;3-2(4,5)1(6)7/h1-15,17,24,26H,16,18H2;(H,6,7). The summed E-state index contributed by atoms with van der Waals surface area (Å²) in [7, 11) is -3.82. The molecule has 3 aromatic carbocycles. The van der Waals surface area contributed by atoms with Gasteiger partial charge in [0.1, 0.15) is 10.7 Å². The van der Waals surface area contributed by atoms with E-state index in [0.717, 1.165) is 11.1 Å². The Labute approximate surface area is 211 Å². The Morgan fingerprint density at radius 3 is 1.86 bits per heavy atom. The quantitative estimate of drug-likeness (QED) is 0.295. The average molecular weight is 533 g/mol. The van der Waals surface area contributed by atoms with Crippen molar-refractivity contribution in [2.45, 2.75) is 24.2 Å². The predicted octanol–water partition coefficient (Wildman–Crippen LogP) is 4.98. The Hall–Kier alpha value is -4.32. The number of sulfonamides is 1. The van der Waals surface area contributed by atoms with Crippen molar-refractivity contribution >= 4 is 27.5 Å². The first kappa shape index (κ1) is 27.3. The monoisotopic (exact) mass is 532 g/mol. The number of hydrogen-bond donors (Lipinski definition) is 3. The van der Waals surface area contributed by atoms with E-state index in [0.29, 0.717) is 24.6 Å². The van der Waals surface area contributed by atoms with Crippen molar-refractivity contribution in [3.8, 4) is 0 Å². The summed E-state index contributed by atoms with van der Waals surface area (Å²) in [5.74, 6) is -2.31. The van der Waals surface area contributed by atoms with Crippen LogP contribution >= 0.6 is 0 Å². The van der Waals surface area contributed by atoms with Gasteiger partial charge in [0.15, 0.2) is 0 Å². The van der Waals surface area contributed by atoms with Crippen molar-refractivity contribution in [3.05, 3.63) is 108 Å². The summed E-state index contributed by atoms with van der Waals surface area (Å²) >= 11 is 0. The topological polar surface area (TPSA) is 113 Å². The lowest BCUT2D eigenvalue weighted by Gasteiger charge is -2.13. The molecular formula is C25H23F3N4O4S. The van der Waals surface area contributed by atoms with Crippen LogP contribution in [0.1, 0.15) is 11.1 Å². The van der Waals surface area contributed by atoms with E-state index in [1.54, 1.807) is 28.9 Å². The molecule has 1 heterocycles. The number of carboxylic acids is 1. The number of aliphatic carboxylic acids is 1. The van der Waals surface area contributed by atoms with Crippen molar-refractivity contribution in [2.24, 2.45) is 0 Å². The molecule has 4 aromatic rings. The number of carbonyl (C=O) groups is 1. The van der Waals surface area contributed by atoms with Crippen molar-refractivity contribution in [1.82, 2.24) is 9.78 Å². The van der Waals surface area contributed by atoms with E-state index in [1.807, 2.05) is 66.7 Å². The van der Waals surface area contributed by atoms with E-state index >= 15 is 0 Å². The molecule has 0 bridgehead atoms. The van der Waals surface area contributed by atoms with Crippen LogP contribution in [0.25, 0.3) is 0 Å². The highest BCUT2D eigenvalue weighted by molar-refractivity contribution is 7.92. The molecule has 37 heavy (non-hydrogen) atoms. The van der Waals surface area contributed by atoms with E-state index in [2.05, 4.69) is 15.1 Å². The summed E-state index contributed by atoms with van der Waals surface area (Å²) in [6.07, 6.45) is -3.69. The molecule has 0 aliphatic rings. The van der Waals surface area contributed by atoms with Gasteiger partial charge in [-0.3, -0.25) is 4.72 Å². The molecule has 0 saturated carbocycles. The van der Waals surface area contributed by atoms with Gasteiger partial charge in [-0.2, -0.15) is 18.3 Å².